The molecular formula is C19H22F2N2O2S. The van der Waals surface area contributed by atoms with Gasteiger partial charge in [-0.25, -0.2) is 17.2 Å². The van der Waals surface area contributed by atoms with Gasteiger partial charge in [0.15, 0.2) is 0 Å². The third kappa shape index (κ3) is 3.73. The first-order chi connectivity index (χ1) is 12.4. The van der Waals surface area contributed by atoms with Gasteiger partial charge in [0.05, 0.1) is 5.69 Å². The SMILES string of the molecule is CCN1CCC(N(c2ccccc2)S(=O)(=O)c2ccc(F)cc2F)CC1. The number of hydrogen-bond acceptors (Lipinski definition) is 3. The fourth-order valence-corrected chi connectivity index (χ4v) is 5.14. The number of piperidine rings is 1. The van der Waals surface area contributed by atoms with Crippen molar-refractivity contribution < 1.29 is 17.2 Å². The minimum atomic E-state index is -4.15. The first-order valence-electron chi connectivity index (χ1n) is 8.70. The monoisotopic (exact) mass is 380 g/mol. The molecule has 1 aliphatic heterocycles. The van der Waals surface area contributed by atoms with Crippen LogP contribution in [0.25, 0.3) is 0 Å². The van der Waals surface area contributed by atoms with Crippen LogP contribution in [0.2, 0.25) is 0 Å². The second kappa shape index (κ2) is 7.72. The molecule has 140 valence electrons. The highest BCUT2D eigenvalue weighted by Crippen LogP contribution is 2.31. The van der Waals surface area contributed by atoms with Crippen LogP contribution in [0.4, 0.5) is 14.5 Å². The Hall–Kier alpha value is -1.99. The number of rotatable bonds is 5. The van der Waals surface area contributed by atoms with Crippen LogP contribution in [0, 0.1) is 11.6 Å². The van der Waals surface area contributed by atoms with Crippen LogP contribution >= 0.6 is 0 Å². The lowest BCUT2D eigenvalue weighted by molar-refractivity contribution is 0.224. The number of benzene rings is 2. The lowest BCUT2D eigenvalue weighted by Gasteiger charge is -2.38. The Labute approximate surface area is 153 Å². The fourth-order valence-electron chi connectivity index (χ4n) is 3.38. The first kappa shape index (κ1) is 18.8. The normalized spacial score (nSPS) is 16.6. The molecule has 0 bridgehead atoms. The molecule has 0 spiro atoms. The van der Waals surface area contributed by atoms with Crippen molar-refractivity contribution in [1.29, 1.82) is 0 Å². The summed E-state index contributed by atoms with van der Waals surface area (Å²) < 4.78 is 55.3. The van der Waals surface area contributed by atoms with Crippen LogP contribution in [0.5, 0.6) is 0 Å². The topological polar surface area (TPSA) is 40.6 Å². The molecule has 1 saturated heterocycles. The molecule has 0 aromatic heterocycles. The van der Waals surface area contributed by atoms with Gasteiger partial charge in [0.2, 0.25) is 0 Å². The van der Waals surface area contributed by atoms with E-state index >= 15 is 0 Å². The van der Waals surface area contributed by atoms with Gasteiger partial charge in [-0.2, -0.15) is 0 Å². The van der Waals surface area contributed by atoms with Crippen LogP contribution in [-0.4, -0.2) is 39.0 Å². The number of anilines is 1. The molecule has 0 radical (unpaired) electrons. The van der Waals surface area contributed by atoms with Crippen molar-refractivity contribution in [3.05, 3.63) is 60.2 Å². The first-order valence-corrected chi connectivity index (χ1v) is 10.1. The fraction of sp³-hybridized carbons (Fsp3) is 0.368. The highest BCUT2D eigenvalue weighted by atomic mass is 32.2. The zero-order chi connectivity index (χ0) is 18.7. The molecule has 1 aliphatic rings. The molecule has 0 N–H and O–H groups in total. The molecule has 7 heteroatoms. The van der Waals surface area contributed by atoms with E-state index in [0.29, 0.717) is 24.6 Å². The standard InChI is InChI=1S/C19H22F2N2O2S/c1-2-22-12-10-17(11-13-22)23(16-6-4-3-5-7-16)26(24,25)19-9-8-15(20)14-18(19)21/h3-9,14,17H,2,10-13H2,1H3. The summed E-state index contributed by atoms with van der Waals surface area (Å²) in [4.78, 5) is 1.76. The third-order valence-electron chi connectivity index (χ3n) is 4.78. The Morgan fingerprint density at radius 3 is 2.31 bits per heavy atom. The van der Waals surface area contributed by atoms with Gasteiger partial charge < -0.3 is 4.90 Å². The van der Waals surface area contributed by atoms with E-state index in [0.717, 1.165) is 31.8 Å². The van der Waals surface area contributed by atoms with Gasteiger partial charge in [-0.1, -0.05) is 25.1 Å². The summed E-state index contributed by atoms with van der Waals surface area (Å²) in [7, 11) is -4.15. The third-order valence-corrected chi connectivity index (χ3v) is 6.69. The summed E-state index contributed by atoms with van der Waals surface area (Å²) in [6.07, 6.45) is 1.32. The van der Waals surface area contributed by atoms with Gasteiger partial charge in [0, 0.05) is 25.2 Å². The Morgan fingerprint density at radius 1 is 1.08 bits per heavy atom. The lowest BCUT2D eigenvalue weighted by atomic mass is 10.0. The number of likely N-dealkylation sites (tertiary alicyclic amines) is 1. The molecule has 0 unspecified atom stereocenters. The van der Waals surface area contributed by atoms with E-state index in [4.69, 9.17) is 0 Å². The summed E-state index contributed by atoms with van der Waals surface area (Å²) in [6, 6.07) is 11.0. The summed E-state index contributed by atoms with van der Waals surface area (Å²) in [5, 5.41) is 0. The molecule has 26 heavy (non-hydrogen) atoms. The Kier molecular flexibility index (Phi) is 5.58. The van der Waals surface area contributed by atoms with Gasteiger partial charge in [-0.15, -0.1) is 0 Å². The van der Waals surface area contributed by atoms with E-state index in [1.54, 1.807) is 30.3 Å². The van der Waals surface area contributed by atoms with E-state index in [9.17, 15) is 17.2 Å². The minimum Gasteiger partial charge on any atom is -0.303 e. The number of para-hydroxylation sites is 1. The van der Waals surface area contributed by atoms with Crippen molar-refractivity contribution in [3.8, 4) is 0 Å². The average molecular weight is 380 g/mol. The van der Waals surface area contributed by atoms with Crippen molar-refractivity contribution in [2.75, 3.05) is 23.9 Å². The zero-order valence-electron chi connectivity index (χ0n) is 14.6. The van der Waals surface area contributed by atoms with Gasteiger partial charge in [0.1, 0.15) is 16.5 Å². The van der Waals surface area contributed by atoms with Crippen molar-refractivity contribution >= 4 is 15.7 Å². The molecule has 2 aromatic rings. The van der Waals surface area contributed by atoms with E-state index < -0.39 is 26.6 Å². The largest absolute Gasteiger partial charge is 0.303 e. The maximum absolute atomic E-state index is 14.3. The van der Waals surface area contributed by atoms with E-state index in [2.05, 4.69) is 11.8 Å². The quantitative estimate of drug-likeness (QED) is 0.795. The van der Waals surface area contributed by atoms with Crippen LogP contribution in [0.1, 0.15) is 19.8 Å². The Balaban J connectivity index is 2.03. The van der Waals surface area contributed by atoms with Gasteiger partial charge in [-0.05, 0) is 43.7 Å². The summed E-state index contributed by atoms with van der Waals surface area (Å²) >= 11 is 0. The van der Waals surface area contributed by atoms with Crippen LogP contribution in [0.15, 0.2) is 53.4 Å². The summed E-state index contributed by atoms with van der Waals surface area (Å²) in [6.45, 7) is 4.55. The van der Waals surface area contributed by atoms with Crippen LogP contribution in [0.3, 0.4) is 0 Å². The lowest BCUT2D eigenvalue weighted by Crippen LogP contribution is -2.47. The highest BCUT2D eigenvalue weighted by Gasteiger charge is 2.35. The van der Waals surface area contributed by atoms with Gasteiger partial charge >= 0.3 is 0 Å². The maximum Gasteiger partial charge on any atom is 0.267 e. The molecule has 1 heterocycles. The van der Waals surface area contributed by atoms with Crippen molar-refractivity contribution in [2.45, 2.75) is 30.7 Å². The summed E-state index contributed by atoms with van der Waals surface area (Å²) in [5.41, 5.74) is 0.492. The molecular weight excluding hydrogens is 358 g/mol. The molecule has 2 aromatic carbocycles. The average Bonchev–Trinajstić information content (AvgIpc) is 2.63. The van der Waals surface area contributed by atoms with E-state index in [-0.39, 0.29) is 6.04 Å². The molecule has 0 amide bonds. The molecule has 0 aliphatic carbocycles. The Bertz CT molecular complexity index is 851. The van der Waals surface area contributed by atoms with Gasteiger partial charge in [0.25, 0.3) is 10.0 Å². The molecule has 4 nitrogen and oxygen atoms in total. The molecule has 3 rings (SSSR count). The minimum absolute atomic E-state index is 0.269. The summed E-state index contributed by atoms with van der Waals surface area (Å²) in [5.74, 6) is -1.87. The van der Waals surface area contributed by atoms with Crippen LogP contribution in [-0.2, 0) is 10.0 Å². The van der Waals surface area contributed by atoms with Gasteiger partial charge in [-0.3, -0.25) is 4.31 Å². The predicted octanol–water partition coefficient (Wildman–Crippen LogP) is 3.64. The molecule has 0 atom stereocenters. The number of hydrogen-bond donors (Lipinski definition) is 0. The predicted molar refractivity (Wildman–Crippen MR) is 97.6 cm³/mol. The maximum atomic E-state index is 14.3. The second-order valence-corrected chi connectivity index (χ2v) is 8.16. The number of halogens is 2. The van der Waals surface area contributed by atoms with Crippen molar-refractivity contribution in [3.63, 3.8) is 0 Å². The molecule has 1 fully saturated rings. The Morgan fingerprint density at radius 2 is 1.73 bits per heavy atom. The highest BCUT2D eigenvalue weighted by molar-refractivity contribution is 7.92. The second-order valence-electron chi connectivity index (χ2n) is 6.38. The van der Waals surface area contributed by atoms with Crippen LogP contribution < -0.4 is 4.31 Å². The van der Waals surface area contributed by atoms with Crippen molar-refractivity contribution in [1.82, 2.24) is 4.90 Å². The number of nitrogens with zero attached hydrogens (tertiary/aromatic N) is 2. The number of sulfonamides is 1. The van der Waals surface area contributed by atoms with Crippen molar-refractivity contribution in [2.24, 2.45) is 0 Å². The molecule has 0 saturated carbocycles. The van der Waals surface area contributed by atoms with E-state index in [1.165, 1.54) is 4.31 Å². The zero-order valence-corrected chi connectivity index (χ0v) is 15.4. The smallest absolute Gasteiger partial charge is 0.267 e. The van der Waals surface area contributed by atoms with E-state index in [1.807, 2.05) is 0 Å².